The van der Waals surface area contributed by atoms with E-state index in [1.54, 1.807) is 0 Å². The monoisotopic (exact) mass is 383 g/mol. The third-order valence-electron chi connectivity index (χ3n) is 3.60. The number of nitrogens with one attached hydrogen (secondary N) is 1. The molecule has 2 aromatic rings. The fraction of sp³-hybridized carbons (Fsp3) is 0.188. The van der Waals surface area contributed by atoms with Gasteiger partial charge in [-0.3, -0.25) is 4.79 Å². The first-order valence-corrected chi connectivity index (χ1v) is 8.24. The third kappa shape index (κ3) is 2.83. The topological polar surface area (TPSA) is 29.1 Å². The first kappa shape index (κ1) is 14.9. The van der Waals surface area contributed by atoms with Gasteiger partial charge < -0.3 is 5.32 Å². The maximum Gasteiger partial charge on any atom is 0.251 e. The van der Waals surface area contributed by atoms with Gasteiger partial charge in [-0.25, -0.2) is 0 Å². The number of benzene rings is 2. The van der Waals surface area contributed by atoms with Gasteiger partial charge in [0.05, 0.1) is 4.83 Å². The van der Waals surface area contributed by atoms with Gasteiger partial charge >= 0.3 is 0 Å². The van der Waals surface area contributed by atoms with E-state index in [1.165, 1.54) is 0 Å². The number of hydrogen-bond donors (Lipinski definition) is 1. The van der Waals surface area contributed by atoms with Crippen molar-refractivity contribution < 1.29 is 4.79 Å². The molecule has 0 fully saturated rings. The van der Waals surface area contributed by atoms with E-state index in [2.05, 4.69) is 21.2 Å². The predicted molar refractivity (Wildman–Crippen MR) is 89.7 cm³/mol. The van der Waals surface area contributed by atoms with Gasteiger partial charge in [0.2, 0.25) is 0 Å². The van der Waals surface area contributed by atoms with Gasteiger partial charge in [0, 0.05) is 27.7 Å². The van der Waals surface area contributed by atoms with Crippen molar-refractivity contribution in [1.82, 2.24) is 5.32 Å². The number of hydrogen-bond acceptors (Lipinski definition) is 1. The van der Waals surface area contributed by atoms with E-state index >= 15 is 0 Å². The predicted octanol–water partition coefficient (Wildman–Crippen LogP) is 4.76. The number of carbonyl (C=O) groups excluding carboxylic acids is 1. The summed E-state index contributed by atoms with van der Waals surface area (Å²) < 4.78 is 0. The smallest absolute Gasteiger partial charge is 0.251 e. The lowest BCUT2D eigenvalue weighted by molar-refractivity contribution is 0.0946. The van der Waals surface area contributed by atoms with Crippen LogP contribution in [0.2, 0.25) is 10.0 Å². The van der Waals surface area contributed by atoms with Crippen molar-refractivity contribution >= 4 is 45.0 Å². The standard InChI is InChI=1S/C16H12BrCl2NO/c17-15(14-12(18)2-1-3-13(14)19)10-5-4-9-6-7-20-16(21)11(9)8-10/h1-5,8,15H,6-7H2,(H,20,21). The summed E-state index contributed by atoms with van der Waals surface area (Å²) in [5.74, 6) is -0.0249. The zero-order chi connectivity index (χ0) is 15.0. The van der Waals surface area contributed by atoms with Gasteiger partial charge in [-0.05, 0) is 35.7 Å². The molecule has 1 heterocycles. The highest BCUT2D eigenvalue weighted by atomic mass is 79.9. The normalized spacial score (nSPS) is 15.3. The van der Waals surface area contributed by atoms with E-state index in [0.29, 0.717) is 16.6 Å². The average Bonchev–Trinajstić information content (AvgIpc) is 2.47. The highest BCUT2D eigenvalue weighted by Gasteiger charge is 2.21. The molecule has 0 saturated carbocycles. The first-order valence-electron chi connectivity index (χ1n) is 6.57. The van der Waals surface area contributed by atoms with Crippen LogP contribution in [0.1, 0.15) is 31.9 Å². The SMILES string of the molecule is O=C1NCCc2ccc(C(Br)c3c(Cl)cccc3Cl)cc21. The highest BCUT2D eigenvalue weighted by Crippen LogP contribution is 2.40. The molecule has 1 atom stereocenters. The minimum absolute atomic E-state index is 0.0249. The van der Waals surface area contributed by atoms with Gasteiger partial charge in [0.25, 0.3) is 5.91 Å². The molecule has 0 aliphatic carbocycles. The summed E-state index contributed by atoms with van der Waals surface area (Å²) >= 11 is 16.1. The minimum atomic E-state index is -0.154. The summed E-state index contributed by atoms with van der Waals surface area (Å²) in [6.07, 6.45) is 0.862. The maximum atomic E-state index is 12.0. The van der Waals surface area contributed by atoms with E-state index in [9.17, 15) is 4.79 Å². The van der Waals surface area contributed by atoms with Crippen molar-refractivity contribution in [1.29, 1.82) is 0 Å². The lowest BCUT2D eigenvalue weighted by Crippen LogP contribution is -2.31. The van der Waals surface area contributed by atoms with Crippen LogP contribution in [0.5, 0.6) is 0 Å². The number of alkyl halides is 1. The molecule has 108 valence electrons. The average molecular weight is 385 g/mol. The van der Waals surface area contributed by atoms with E-state index in [1.807, 2.05) is 36.4 Å². The first-order chi connectivity index (χ1) is 10.1. The summed E-state index contributed by atoms with van der Waals surface area (Å²) in [6.45, 7) is 0.694. The molecule has 0 spiro atoms. The molecule has 0 radical (unpaired) electrons. The molecule has 1 N–H and O–H groups in total. The number of halogens is 3. The maximum absolute atomic E-state index is 12.0. The third-order valence-corrected chi connectivity index (χ3v) is 5.25. The number of carbonyl (C=O) groups is 1. The summed E-state index contributed by atoms with van der Waals surface area (Å²) in [5.41, 5.74) is 3.58. The summed E-state index contributed by atoms with van der Waals surface area (Å²) in [6, 6.07) is 11.3. The Bertz CT molecular complexity index is 697. The van der Waals surface area contributed by atoms with E-state index in [0.717, 1.165) is 28.7 Å². The van der Waals surface area contributed by atoms with Gasteiger partial charge in [0.1, 0.15) is 0 Å². The van der Waals surface area contributed by atoms with Crippen LogP contribution in [0.25, 0.3) is 0 Å². The fourth-order valence-electron chi connectivity index (χ4n) is 2.51. The zero-order valence-corrected chi connectivity index (χ0v) is 14.1. The summed E-state index contributed by atoms with van der Waals surface area (Å²) in [5, 5.41) is 4.07. The second kappa shape index (κ2) is 5.99. The molecule has 3 rings (SSSR count). The van der Waals surface area contributed by atoms with Crippen LogP contribution in [-0.4, -0.2) is 12.5 Å². The second-order valence-corrected chi connectivity index (χ2v) is 6.65. The molecule has 1 amide bonds. The highest BCUT2D eigenvalue weighted by molar-refractivity contribution is 9.09. The molecule has 5 heteroatoms. The molecular formula is C16H12BrCl2NO. The second-order valence-electron chi connectivity index (χ2n) is 4.92. The summed E-state index contributed by atoms with van der Waals surface area (Å²) in [4.78, 5) is 11.8. The number of fused-ring (bicyclic) bond motifs is 1. The van der Waals surface area contributed by atoms with E-state index in [-0.39, 0.29) is 10.7 Å². The van der Waals surface area contributed by atoms with Crippen LogP contribution in [0.4, 0.5) is 0 Å². The molecule has 1 aliphatic heterocycles. The zero-order valence-electron chi connectivity index (χ0n) is 11.0. The molecule has 2 aromatic carbocycles. The van der Waals surface area contributed by atoms with Crippen molar-refractivity contribution in [3.8, 4) is 0 Å². The van der Waals surface area contributed by atoms with Crippen LogP contribution < -0.4 is 5.32 Å². The Morgan fingerprint density at radius 2 is 1.86 bits per heavy atom. The van der Waals surface area contributed by atoms with Crippen LogP contribution in [0.3, 0.4) is 0 Å². The molecule has 2 nitrogen and oxygen atoms in total. The van der Waals surface area contributed by atoms with Gasteiger partial charge in [-0.2, -0.15) is 0 Å². The van der Waals surface area contributed by atoms with Crippen LogP contribution in [0, 0.1) is 0 Å². The van der Waals surface area contributed by atoms with Crippen molar-refractivity contribution in [3.05, 3.63) is 68.7 Å². The van der Waals surface area contributed by atoms with Crippen molar-refractivity contribution in [2.75, 3.05) is 6.54 Å². The number of rotatable bonds is 2. The van der Waals surface area contributed by atoms with Crippen LogP contribution >= 0.6 is 39.1 Å². The minimum Gasteiger partial charge on any atom is -0.352 e. The van der Waals surface area contributed by atoms with Crippen molar-refractivity contribution in [2.24, 2.45) is 0 Å². The molecular weight excluding hydrogens is 373 g/mol. The molecule has 0 saturated heterocycles. The fourth-order valence-corrected chi connectivity index (χ4v) is 4.16. The molecule has 21 heavy (non-hydrogen) atoms. The van der Waals surface area contributed by atoms with E-state index in [4.69, 9.17) is 23.2 Å². The molecule has 1 aliphatic rings. The van der Waals surface area contributed by atoms with Gasteiger partial charge in [-0.15, -0.1) is 0 Å². The Hall–Kier alpha value is -1.03. The number of amides is 1. The molecule has 0 bridgehead atoms. The summed E-state index contributed by atoms with van der Waals surface area (Å²) in [7, 11) is 0. The molecule has 0 aromatic heterocycles. The Balaban J connectivity index is 2.05. The Kier molecular flexibility index (Phi) is 4.25. The molecule has 1 unspecified atom stereocenters. The van der Waals surface area contributed by atoms with Crippen LogP contribution in [-0.2, 0) is 6.42 Å². The van der Waals surface area contributed by atoms with Crippen molar-refractivity contribution in [2.45, 2.75) is 11.2 Å². The Labute approximate surface area is 141 Å². The quantitative estimate of drug-likeness (QED) is 0.742. The lowest BCUT2D eigenvalue weighted by atomic mass is 9.95. The lowest BCUT2D eigenvalue weighted by Gasteiger charge is -2.20. The Morgan fingerprint density at radius 3 is 2.57 bits per heavy atom. The Morgan fingerprint density at radius 1 is 1.14 bits per heavy atom. The van der Waals surface area contributed by atoms with Crippen LogP contribution in [0.15, 0.2) is 36.4 Å². The van der Waals surface area contributed by atoms with E-state index < -0.39 is 0 Å². The largest absolute Gasteiger partial charge is 0.352 e. The van der Waals surface area contributed by atoms with Gasteiger partial charge in [0.15, 0.2) is 0 Å². The van der Waals surface area contributed by atoms with Gasteiger partial charge in [-0.1, -0.05) is 57.3 Å². The van der Waals surface area contributed by atoms with Crippen molar-refractivity contribution in [3.63, 3.8) is 0 Å².